The normalized spacial score (nSPS) is 17.5. The van der Waals surface area contributed by atoms with E-state index in [0.29, 0.717) is 17.0 Å². The summed E-state index contributed by atoms with van der Waals surface area (Å²) in [5.41, 5.74) is 0.292. The monoisotopic (exact) mass is 273 g/mol. The van der Waals surface area contributed by atoms with E-state index in [0.717, 1.165) is 0 Å². The van der Waals surface area contributed by atoms with Crippen LogP contribution in [-0.4, -0.2) is 15.9 Å². The zero-order chi connectivity index (χ0) is 14.3. The molecule has 3 rings (SSSR count). The van der Waals surface area contributed by atoms with Crippen molar-refractivity contribution in [2.24, 2.45) is 0 Å². The Morgan fingerprint density at radius 3 is 2.80 bits per heavy atom. The molecule has 1 aromatic carbocycles. The second-order valence-corrected chi connectivity index (χ2v) is 4.74. The first kappa shape index (κ1) is 12.5. The van der Waals surface area contributed by atoms with Crippen LogP contribution in [0.1, 0.15) is 29.3 Å². The van der Waals surface area contributed by atoms with E-state index in [-0.39, 0.29) is 23.7 Å². The van der Waals surface area contributed by atoms with Crippen molar-refractivity contribution in [3.63, 3.8) is 0 Å². The average molecular weight is 273 g/mol. The van der Waals surface area contributed by atoms with Crippen LogP contribution < -0.4 is 10.9 Å². The summed E-state index contributed by atoms with van der Waals surface area (Å²) in [6.45, 7) is 1.63. The van der Waals surface area contributed by atoms with E-state index in [1.807, 2.05) is 0 Å². The molecule has 0 saturated heterocycles. The zero-order valence-corrected chi connectivity index (χ0v) is 10.7. The molecule has 6 heteroatoms. The van der Waals surface area contributed by atoms with Gasteiger partial charge in [-0.15, -0.1) is 0 Å². The molecule has 0 aliphatic carbocycles. The minimum atomic E-state index is -0.614. The lowest BCUT2D eigenvalue weighted by Gasteiger charge is -2.24. The number of hydrogen-bond donors (Lipinski definition) is 2. The van der Waals surface area contributed by atoms with Crippen molar-refractivity contribution in [1.29, 1.82) is 0 Å². The molecule has 2 aromatic rings. The minimum Gasteiger partial charge on any atom is -0.310 e. The molecular formula is C14H12FN3O2. The Kier molecular flexibility index (Phi) is 2.85. The van der Waals surface area contributed by atoms with Crippen molar-refractivity contribution in [3.05, 3.63) is 57.4 Å². The summed E-state index contributed by atoms with van der Waals surface area (Å²) in [4.78, 5) is 30.6. The van der Waals surface area contributed by atoms with E-state index in [1.54, 1.807) is 25.1 Å². The Bertz CT molecular complexity index is 754. The fourth-order valence-electron chi connectivity index (χ4n) is 2.51. The second kappa shape index (κ2) is 4.56. The first-order chi connectivity index (χ1) is 9.56. The van der Waals surface area contributed by atoms with E-state index < -0.39 is 11.7 Å². The smallest absolute Gasteiger partial charge is 0.256 e. The molecule has 0 bridgehead atoms. The van der Waals surface area contributed by atoms with Gasteiger partial charge in [0, 0.05) is 12.3 Å². The van der Waals surface area contributed by atoms with Gasteiger partial charge in [-0.05, 0) is 18.6 Å². The van der Waals surface area contributed by atoms with Crippen LogP contribution in [0.15, 0.2) is 29.1 Å². The fraction of sp³-hybridized carbons (Fsp3) is 0.214. The summed E-state index contributed by atoms with van der Waals surface area (Å²) in [7, 11) is 0. The third kappa shape index (κ3) is 1.99. The number of nitrogens with one attached hydrogen (secondary N) is 2. The quantitative estimate of drug-likeness (QED) is 0.830. The predicted octanol–water partition coefficient (Wildman–Crippen LogP) is 1.69. The molecule has 1 amide bonds. The van der Waals surface area contributed by atoms with Gasteiger partial charge in [0.2, 0.25) is 5.91 Å². The Hall–Kier alpha value is -2.50. The molecule has 5 nitrogen and oxygen atoms in total. The second-order valence-electron chi connectivity index (χ2n) is 4.74. The van der Waals surface area contributed by atoms with E-state index in [1.165, 1.54) is 6.07 Å². The fourth-order valence-corrected chi connectivity index (χ4v) is 2.51. The molecule has 1 aromatic heterocycles. The first-order valence-corrected chi connectivity index (χ1v) is 6.21. The van der Waals surface area contributed by atoms with Gasteiger partial charge in [0.05, 0.1) is 5.56 Å². The minimum absolute atomic E-state index is 0.0295. The standard InChI is InChI=1S/C14H12FN3O2/c1-7-16-13-12(14(20)17-7)9(6-11(19)18-13)8-4-2-3-5-10(8)15/h2-5,9H,6H2,1H3,(H2,16,17,18,19,20)/t9-/m0/s1. The van der Waals surface area contributed by atoms with Crippen LogP contribution in [-0.2, 0) is 4.79 Å². The maximum absolute atomic E-state index is 13.9. The number of hydrogen-bond acceptors (Lipinski definition) is 3. The van der Waals surface area contributed by atoms with Gasteiger partial charge >= 0.3 is 0 Å². The van der Waals surface area contributed by atoms with Crippen LogP contribution in [0, 0.1) is 12.7 Å². The molecule has 0 radical (unpaired) electrons. The van der Waals surface area contributed by atoms with Crippen molar-refractivity contribution in [2.75, 3.05) is 5.32 Å². The molecular weight excluding hydrogens is 261 g/mol. The molecule has 1 aliphatic heterocycles. The van der Waals surface area contributed by atoms with Crippen LogP contribution in [0.4, 0.5) is 10.2 Å². The number of aromatic nitrogens is 2. The maximum atomic E-state index is 13.9. The first-order valence-electron chi connectivity index (χ1n) is 6.21. The number of fused-ring (bicyclic) bond motifs is 1. The summed E-state index contributed by atoms with van der Waals surface area (Å²) >= 11 is 0. The number of amides is 1. The van der Waals surface area contributed by atoms with Gasteiger partial charge in [-0.25, -0.2) is 9.37 Å². The molecule has 20 heavy (non-hydrogen) atoms. The van der Waals surface area contributed by atoms with Gasteiger partial charge in [0.15, 0.2) is 0 Å². The average Bonchev–Trinajstić information content (AvgIpc) is 2.37. The summed E-state index contributed by atoms with van der Waals surface area (Å²) < 4.78 is 13.9. The lowest BCUT2D eigenvalue weighted by atomic mass is 9.86. The van der Waals surface area contributed by atoms with Crippen molar-refractivity contribution in [1.82, 2.24) is 9.97 Å². The molecule has 0 fully saturated rings. The Balaban J connectivity index is 2.23. The number of benzene rings is 1. The lowest BCUT2D eigenvalue weighted by molar-refractivity contribution is -0.116. The van der Waals surface area contributed by atoms with Crippen LogP contribution in [0.2, 0.25) is 0 Å². The SMILES string of the molecule is Cc1nc2c(c(=O)[nH]1)[C@H](c1ccccc1F)CC(=O)N2. The van der Waals surface area contributed by atoms with E-state index in [4.69, 9.17) is 0 Å². The number of carbonyl (C=O) groups excluding carboxylic acids is 1. The van der Waals surface area contributed by atoms with Crippen LogP contribution >= 0.6 is 0 Å². The maximum Gasteiger partial charge on any atom is 0.256 e. The Labute approximate surface area is 113 Å². The van der Waals surface area contributed by atoms with Crippen molar-refractivity contribution in [3.8, 4) is 0 Å². The van der Waals surface area contributed by atoms with Gasteiger partial charge in [0.1, 0.15) is 17.5 Å². The van der Waals surface area contributed by atoms with Crippen molar-refractivity contribution >= 4 is 11.7 Å². The molecule has 0 saturated carbocycles. The van der Waals surface area contributed by atoms with E-state index in [9.17, 15) is 14.0 Å². The zero-order valence-electron chi connectivity index (χ0n) is 10.7. The summed E-state index contributed by atoms with van der Waals surface area (Å²) in [5, 5.41) is 2.57. The molecule has 1 aliphatic rings. The highest BCUT2D eigenvalue weighted by molar-refractivity contribution is 5.94. The topological polar surface area (TPSA) is 74.8 Å². The lowest BCUT2D eigenvalue weighted by Crippen LogP contribution is -2.31. The highest BCUT2D eigenvalue weighted by Gasteiger charge is 2.31. The third-order valence-electron chi connectivity index (χ3n) is 3.35. The Morgan fingerprint density at radius 2 is 2.05 bits per heavy atom. The number of carbonyl (C=O) groups is 1. The van der Waals surface area contributed by atoms with Gasteiger partial charge < -0.3 is 10.3 Å². The van der Waals surface area contributed by atoms with Gasteiger partial charge in [-0.1, -0.05) is 18.2 Å². The Morgan fingerprint density at radius 1 is 1.30 bits per heavy atom. The summed E-state index contributed by atoms with van der Waals surface area (Å²) in [5.74, 6) is -0.697. The molecule has 2 heterocycles. The van der Waals surface area contributed by atoms with E-state index >= 15 is 0 Å². The number of H-pyrrole nitrogens is 1. The number of halogens is 1. The number of aryl methyl sites for hydroxylation is 1. The molecule has 102 valence electrons. The molecule has 2 N–H and O–H groups in total. The number of rotatable bonds is 1. The molecule has 0 spiro atoms. The van der Waals surface area contributed by atoms with Crippen molar-refractivity contribution in [2.45, 2.75) is 19.3 Å². The predicted molar refractivity (Wildman–Crippen MR) is 71.1 cm³/mol. The highest BCUT2D eigenvalue weighted by atomic mass is 19.1. The van der Waals surface area contributed by atoms with Crippen LogP contribution in [0.3, 0.4) is 0 Å². The van der Waals surface area contributed by atoms with Crippen molar-refractivity contribution < 1.29 is 9.18 Å². The summed E-state index contributed by atoms with van der Waals surface area (Å²) in [6, 6.07) is 6.15. The number of anilines is 1. The molecule has 1 atom stereocenters. The number of nitrogens with zero attached hydrogens (tertiary/aromatic N) is 1. The van der Waals surface area contributed by atoms with Gasteiger partial charge in [0.25, 0.3) is 5.56 Å². The number of aromatic amines is 1. The molecule has 0 unspecified atom stereocenters. The van der Waals surface area contributed by atoms with Crippen LogP contribution in [0.25, 0.3) is 0 Å². The van der Waals surface area contributed by atoms with Gasteiger partial charge in [-0.2, -0.15) is 0 Å². The third-order valence-corrected chi connectivity index (χ3v) is 3.35. The summed E-state index contributed by atoms with van der Waals surface area (Å²) in [6.07, 6.45) is 0.0295. The van der Waals surface area contributed by atoms with Gasteiger partial charge in [-0.3, -0.25) is 9.59 Å². The van der Waals surface area contributed by atoms with Crippen LogP contribution in [0.5, 0.6) is 0 Å². The van der Waals surface area contributed by atoms with E-state index in [2.05, 4.69) is 15.3 Å². The highest BCUT2D eigenvalue weighted by Crippen LogP contribution is 2.34. The largest absolute Gasteiger partial charge is 0.310 e.